The van der Waals surface area contributed by atoms with Crippen molar-refractivity contribution in [3.63, 3.8) is 0 Å². The number of rotatable bonds is 4. The van der Waals surface area contributed by atoms with E-state index in [0.29, 0.717) is 5.41 Å². The molecule has 4 fully saturated rings. The van der Waals surface area contributed by atoms with Crippen LogP contribution in [0.4, 0.5) is 0 Å². The molecule has 9 aromatic rings. The van der Waals surface area contributed by atoms with Gasteiger partial charge in [0.25, 0.3) is 0 Å². The molecule has 4 saturated carbocycles. The lowest BCUT2D eigenvalue weighted by Gasteiger charge is -2.57. The fourth-order valence-electron chi connectivity index (χ4n) is 13.2. The van der Waals surface area contributed by atoms with Gasteiger partial charge < -0.3 is 4.74 Å². The molecule has 5 aliphatic carbocycles. The molecule has 4 bridgehead atoms. The zero-order chi connectivity index (χ0) is 39.9. The molecule has 6 aliphatic rings. The average molecular weight is 803 g/mol. The number of fused-ring (bicyclic) bond motifs is 12. The molecule has 4 heteroatoms. The average Bonchev–Trinajstić information content (AvgIpc) is 3.82. The molecule has 15 rings (SSSR count). The second kappa shape index (κ2) is 12.6. The predicted octanol–water partition coefficient (Wildman–Crippen LogP) is 14.8. The highest BCUT2D eigenvalue weighted by atomic mass is 32.1. The Balaban J connectivity index is 0.944. The van der Waals surface area contributed by atoms with Gasteiger partial charge in [-0.2, -0.15) is 0 Å². The number of aromatic nitrogens is 2. The Morgan fingerprint density at radius 1 is 0.459 bits per heavy atom. The highest BCUT2D eigenvalue weighted by Crippen LogP contribution is 2.63. The minimum absolute atomic E-state index is 0.359. The molecule has 7 aromatic carbocycles. The van der Waals surface area contributed by atoms with Crippen molar-refractivity contribution in [1.29, 1.82) is 0 Å². The number of hydrogen-bond donors (Lipinski definition) is 0. The van der Waals surface area contributed by atoms with Crippen molar-refractivity contribution in [1.82, 2.24) is 9.97 Å². The van der Waals surface area contributed by atoms with Crippen LogP contribution in [0.1, 0.15) is 66.3 Å². The lowest BCUT2D eigenvalue weighted by Crippen LogP contribution is -2.48. The Hall–Kier alpha value is -6.36. The van der Waals surface area contributed by atoms with E-state index in [9.17, 15) is 0 Å². The molecule has 0 saturated heterocycles. The van der Waals surface area contributed by atoms with Crippen molar-refractivity contribution in [3.05, 3.63) is 192 Å². The van der Waals surface area contributed by atoms with Gasteiger partial charge in [-0.15, -0.1) is 11.3 Å². The molecule has 0 amide bonds. The van der Waals surface area contributed by atoms with Crippen LogP contribution in [-0.4, -0.2) is 9.97 Å². The Labute approximate surface area is 359 Å². The molecule has 0 radical (unpaired) electrons. The van der Waals surface area contributed by atoms with Crippen LogP contribution >= 0.6 is 11.3 Å². The molecule has 292 valence electrons. The lowest BCUT2D eigenvalue weighted by molar-refractivity contribution is -0.00518. The molecule has 61 heavy (non-hydrogen) atoms. The molecule has 3 nitrogen and oxygen atoms in total. The van der Waals surface area contributed by atoms with E-state index in [1.807, 2.05) is 11.3 Å². The second-order valence-electron chi connectivity index (χ2n) is 18.7. The van der Waals surface area contributed by atoms with Gasteiger partial charge in [0.1, 0.15) is 11.5 Å². The third kappa shape index (κ3) is 4.91. The standard InChI is InChI=1S/C57H42N2OS/c1-3-11-45-41(9-1)43-29-39(19-23-46(43)57(45)47-12-4-6-14-51(47)60-52-15-7-5-13-48(52)57)55-58-49(30-50(59-55)38-20-24-54-44(28-38)42-10-2-8-16-53(42)61-54)37-17-21-40(22-18-37)56-31-34-25-35(32-56)27-36(26-34)33-56/h1-24,28-30,34-36H,25-27,31-33H2. The Morgan fingerprint density at radius 2 is 1.03 bits per heavy atom. The van der Waals surface area contributed by atoms with Gasteiger partial charge in [0.2, 0.25) is 0 Å². The van der Waals surface area contributed by atoms with Crippen molar-refractivity contribution in [2.45, 2.75) is 49.4 Å². The van der Waals surface area contributed by atoms with Crippen LogP contribution in [0.3, 0.4) is 0 Å². The first kappa shape index (κ1) is 34.4. The van der Waals surface area contributed by atoms with E-state index in [2.05, 4.69) is 164 Å². The monoisotopic (exact) mass is 802 g/mol. The van der Waals surface area contributed by atoms with Crippen LogP contribution in [0.25, 0.3) is 65.2 Å². The van der Waals surface area contributed by atoms with E-state index in [-0.39, 0.29) is 0 Å². The predicted molar refractivity (Wildman–Crippen MR) is 248 cm³/mol. The van der Waals surface area contributed by atoms with E-state index in [1.165, 1.54) is 92.1 Å². The number of benzene rings is 7. The van der Waals surface area contributed by atoms with Crippen LogP contribution in [0.15, 0.2) is 164 Å². The van der Waals surface area contributed by atoms with Crippen molar-refractivity contribution < 1.29 is 4.74 Å². The summed E-state index contributed by atoms with van der Waals surface area (Å²) in [7, 11) is 0. The van der Waals surface area contributed by atoms with Gasteiger partial charge in [0.15, 0.2) is 5.82 Å². The summed E-state index contributed by atoms with van der Waals surface area (Å²) in [5.74, 6) is 5.29. The zero-order valence-corrected chi connectivity index (χ0v) is 34.6. The van der Waals surface area contributed by atoms with Gasteiger partial charge in [0.05, 0.1) is 16.8 Å². The number of thiophene rings is 1. The summed E-state index contributed by atoms with van der Waals surface area (Å²) < 4.78 is 9.19. The lowest BCUT2D eigenvalue weighted by atomic mass is 9.48. The molecular weight excluding hydrogens is 761 g/mol. The van der Waals surface area contributed by atoms with Crippen LogP contribution < -0.4 is 4.74 Å². The number of para-hydroxylation sites is 2. The first-order valence-corrected chi connectivity index (χ1v) is 22.9. The number of ether oxygens (including phenoxy) is 1. The molecule has 2 aromatic heterocycles. The van der Waals surface area contributed by atoms with Crippen molar-refractivity contribution in [3.8, 4) is 56.5 Å². The van der Waals surface area contributed by atoms with Gasteiger partial charge in [-0.05, 0) is 132 Å². The summed E-state index contributed by atoms with van der Waals surface area (Å²) in [5, 5.41) is 2.57. The minimum atomic E-state index is -0.513. The van der Waals surface area contributed by atoms with E-state index in [0.717, 1.165) is 63.2 Å². The molecule has 0 atom stereocenters. The largest absolute Gasteiger partial charge is 0.457 e. The number of nitrogens with zero attached hydrogens (tertiary/aromatic N) is 2. The normalized spacial score (nSPS) is 22.2. The third-order valence-corrected chi connectivity index (χ3v) is 16.5. The fraction of sp³-hybridized carbons (Fsp3) is 0.193. The van der Waals surface area contributed by atoms with Crippen molar-refractivity contribution in [2.24, 2.45) is 17.8 Å². The summed E-state index contributed by atoms with van der Waals surface area (Å²) in [6, 6.07) is 60.4. The summed E-state index contributed by atoms with van der Waals surface area (Å²) in [6.07, 6.45) is 8.48. The zero-order valence-electron chi connectivity index (χ0n) is 33.8. The maximum Gasteiger partial charge on any atom is 0.160 e. The van der Waals surface area contributed by atoms with E-state index in [4.69, 9.17) is 14.7 Å². The quantitative estimate of drug-likeness (QED) is 0.178. The maximum atomic E-state index is 6.59. The Kier molecular flexibility index (Phi) is 7.09. The third-order valence-electron chi connectivity index (χ3n) is 15.3. The summed E-state index contributed by atoms with van der Waals surface area (Å²) in [5.41, 5.74) is 13.8. The van der Waals surface area contributed by atoms with Gasteiger partial charge >= 0.3 is 0 Å². The first-order valence-electron chi connectivity index (χ1n) is 22.1. The molecule has 1 spiro atoms. The Bertz CT molecular complexity index is 3200. The molecule has 1 aliphatic heterocycles. The second-order valence-corrected chi connectivity index (χ2v) is 19.8. The van der Waals surface area contributed by atoms with Crippen LogP contribution in [0.5, 0.6) is 11.5 Å². The van der Waals surface area contributed by atoms with Gasteiger partial charge in [-0.25, -0.2) is 9.97 Å². The first-order chi connectivity index (χ1) is 30.1. The van der Waals surface area contributed by atoms with Gasteiger partial charge in [-0.1, -0.05) is 121 Å². The summed E-state index contributed by atoms with van der Waals surface area (Å²) >= 11 is 1.85. The smallest absolute Gasteiger partial charge is 0.160 e. The van der Waals surface area contributed by atoms with Gasteiger partial charge in [-0.3, -0.25) is 0 Å². The van der Waals surface area contributed by atoms with E-state index in [1.54, 1.807) is 5.56 Å². The highest BCUT2D eigenvalue weighted by Gasteiger charge is 2.52. The molecular formula is C57H42N2OS. The highest BCUT2D eigenvalue weighted by molar-refractivity contribution is 7.25. The summed E-state index contributed by atoms with van der Waals surface area (Å²) in [6.45, 7) is 0. The molecule has 0 unspecified atom stereocenters. The molecule has 3 heterocycles. The van der Waals surface area contributed by atoms with Crippen LogP contribution in [0, 0.1) is 17.8 Å². The van der Waals surface area contributed by atoms with Crippen LogP contribution in [0.2, 0.25) is 0 Å². The van der Waals surface area contributed by atoms with Crippen molar-refractivity contribution in [2.75, 3.05) is 0 Å². The maximum absolute atomic E-state index is 6.59. The minimum Gasteiger partial charge on any atom is -0.457 e. The summed E-state index contributed by atoms with van der Waals surface area (Å²) in [4.78, 5) is 10.9. The van der Waals surface area contributed by atoms with Crippen molar-refractivity contribution >= 4 is 31.5 Å². The topological polar surface area (TPSA) is 35.0 Å². The Morgan fingerprint density at radius 3 is 1.77 bits per heavy atom. The van der Waals surface area contributed by atoms with E-state index >= 15 is 0 Å². The molecule has 0 N–H and O–H groups in total. The SMILES string of the molecule is c1ccc2c(c1)Oc1ccccc1C21c2ccccc2-c2cc(-c3nc(-c4ccc(C56CC7CC(CC(C7)C5)C6)cc4)cc(-c4ccc5sc6ccccc6c5c4)n3)ccc21. The van der Waals surface area contributed by atoms with Crippen LogP contribution in [-0.2, 0) is 10.8 Å². The van der Waals surface area contributed by atoms with E-state index < -0.39 is 5.41 Å². The fourth-order valence-corrected chi connectivity index (χ4v) is 14.3. The number of hydrogen-bond acceptors (Lipinski definition) is 4. The van der Waals surface area contributed by atoms with Gasteiger partial charge in [0, 0.05) is 48.0 Å².